The molecule has 5 nitrogen and oxygen atoms in total. The van der Waals surface area contributed by atoms with Crippen molar-refractivity contribution in [1.29, 1.82) is 0 Å². The minimum absolute atomic E-state index is 0.108. The molecule has 3 heterocycles. The molecule has 3 aliphatic heterocycles. The van der Waals surface area contributed by atoms with Gasteiger partial charge in [0.15, 0.2) is 0 Å². The summed E-state index contributed by atoms with van der Waals surface area (Å²) < 4.78 is 0. The van der Waals surface area contributed by atoms with Gasteiger partial charge in [0.2, 0.25) is 0 Å². The van der Waals surface area contributed by atoms with E-state index in [0.29, 0.717) is 24.0 Å². The summed E-state index contributed by atoms with van der Waals surface area (Å²) in [5, 5.41) is 12.9. The van der Waals surface area contributed by atoms with Gasteiger partial charge in [0.25, 0.3) is 0 Å². The Hall–Kier alpha value is -0.810. The predicted molar refractivity (Wildman–Crippen MR) is 86.7 cm³/mol. The molecular formula is C17H31N3O2. The number of aliphatic hydroxyl groups excluding tert-OH is 1. The number of carbonyl (C=O) groups is 1. The van der Waals surface area contributed by atoms with Gasteiger partial charge in [-0.15, -0.1) is 0 Å². The molecular weight excluding hydrogens is 278 g/mol. The van der Waals surface area contributed by atoms with Crippen LogP contribution in [0.15, 0.2) is 0 Å². The molecule has 5 heteroatoms. The molecule has 3 saturated heterocycles. The van der Waals surface area contributed by atoms with Crippen molar-refractivity contribution in [2.75, 3.05) is 20.1 Å². The maximum atomic E-state index is 12.5. The first-order chi connectivity index (χ1) is 10.5. The van der Waals surface area contributed by atoms with Crippen LogP contribution in [0.1, 0.15) is 51.9 Å². The quantitative estimate of drug-likeness (QED) is 0.818. The Bertz CT molecular complexity index is 379. The maximum absolute atomic E-state index is 12.5. The minimum Gasteiger partial charge on any atom is -0.393 e. The fourth-order valence-corrected chi connectivity index (χ4v) is 4.58. The Balaban J connectivity index is 1.48. The molecule has 3 aliphatic rings. The monoisotopic (exact) mass is 309 g/mol. The summed E-state index contributed by atoms with van der Waals surface area (Å²) in [5.41, 5.74) is 0. The van der Waals surface area contributed by atoms with Crippen molar-refractivity contribution in [2.24, 2.45) is 5.92 Å². The van der Waals surface area contributed by atoms with E-state index in [-0.39, 0.29) is 12.1 Å². The van der Waals surface area contributed by atoms with E-state index in [1.165, 1.54) is 19.3 Å². The fraction of sp³-hybridized carbons (Fsp3) is 0.941. The molecule has 0 aliphatic carbocycles. The molecule has 2 N–H and O–H groups in total. The lowest BCUT2D eigenvalue weighted by molar-refractivity contribution is 0.0470. The SMILES string of the molecule is CC(O)C1CCN(C(=O)NC2CC3CCCC(C2)N3C)CC1. The molecule has 0 aromatic heterocycles. The van der Waals surface area contributed by atoms with Crippen LogP contribution in [-0.2, 0) is 0 Å². The number of hydrogen-bond acceptors (Lipinski definition) is 3. The molecule has 3 fully saturated rings. The third kappa shape index (κ3) is 3.40. The van der Waals surface area contributed by atoms with Gasteiger partial charge in [-0.1, -0.05) is 6.42 Å². The number of piperidine rings is 3. The zero-order chi connectivity index (χ0) is 15.7. The van der Waals surface area contributed by atoms with E-state index in [9.17, 15) is 9.90 Å². The summed E-state index contributed by atoms with van der Waals surface area (Å²) in [6.45, 7) is 3.42. The van der Waals surface area contributed by atoms with Gasteiger partial charge < -0.3 is 20.2 Å². The molecule has 126 valence electrons. The average Bonchev–Trinajstić information content (AvgIpc) is 2.48. The van der Waals surface area contributed by atoms with Crippen LogP contribution in [0.4, 0.5) is 4.79 Å². The van der Waals surface area contributed by atoms with E-state index in [4.69, 9.17) is 0 Å². The van der Waals surface area contributed by atoms with E-state index < -0.39 is 0 Å². The van der Waals surface area contributed by atoms with E-state index in [2.05, 4.69) is 17.3 Å². The minimum atomic E-state index is -0.251. The zero-order valence-electron chi connectivity index (χ0n) is 14.0. The average molecular weight is 309 g/mol. The molecule has 3 rings (SSSR count). The summed E-state index contributed by atoms with van der Waals surface area (Å²) in [7, 11) is 2.24. The number of rotatable bonds is 2. The van der Waals surface area contributed by atoms with Gasteiger partial charge in [0, 0.05) is 31.2 Å². The molecule has 2 bridgehead atoms. The number of likely N-dealkylation sites (tertiary alicyclic amines) is 1. The van der Waals surface area contributed by atoms with Gasteiger partial charge in [-0.3, -0.25) is 0 Å². The Labute approximate surface area is 134 Å². The van der Waals surface area contributed by atoms with Crippen molar-refractivity contribution in [3.63, 3.8) is 0 Å². The Morgan fingerprint density at radius 3 is 2.27 bits per heavy atom. The predicted octanol–water partition coefficient (Wildman–Crippen LogP) is 1.80. The lowest BCUT2D eigenvalue weighted by Gasteiger charge is -2.47. The molecule has 2 amide bonds. The van der Waals surface area contributed by atoms with Crippen molar-refractivity contribution >= 4 is 6.03 Å². The van der Waals surface area contributed by atoms with Crippen LogP contribution in [-0.4, -0.2) is 65.3 Å². The number of fused-ring (bicyclic) bond motifs is 2. The van der Waals surface area contributed by atoms with E-state index >= 15 is 0 Å². The van der Waals surface area contributed by atoms with Crippen LogP contribution in [0.5, 0.6) is 0 Å². The number of nitrogens with one attached hydrogen (secondary N) is 1. The first-order valence-electron chi connectivity index (χ1n) is 9.00. The van der Waals surface area contributed by atoms with Gasteiger partial charge in [-0.05, 0) is 58.4 Å². The van der Waals surface area contributed by atoms with Crippen molar-refractivity contribution in [3.05, 3.63) is 0 Å². The molecule has 0 aromatic carbocycles. The van der Waals surface area contributed by atoms with Crippen LogP contribution < -0.4 is 5.32 Å². The highest BCUT2D eigenvalue weighted by Gasteiger charge is 2.37. The lowest BCUT2D eigenvalue weighted by atomic mass is 9.82. The standard InChI is InChI=1S/C17H31N3O2/c1-12(21)13-6-8-20(9-7-13)17(22)18-14-10-15-4-3-5-16(11-14)19(15)2/h12-16,21H,3-11H2,1-2H3,(H,18,22). The molecule has 22 heavy (non-hydrogen) atoms. The van der Waals surface area contributed by atoms with Crippen LogP contribution in [0.25, 0.3) is 0 Å². The second-order valence-electron chi connectivity index (χ2n) is 7.59. The molecule has 0 saturated carbocycles. The molecule has 0 aromatic rings. The highest BCUT2D eigenvalue weighted by molar-refractivity contribution is 5.74. The van der Waals surface area contributed by atoms with Gasteiger partial charge in [0.1, 0.15) is 0 Å². The van der Waals surface area contributed by atoms with E-state index in [0.717, 1.165) is 38.8 Å². The summed E-state index contributed by atoms with van der Waals surface area (Å²) in [5.74, 6) is 0.353. The Kier molecular flexibility index (Phi) is 4.93. The number of amides is 2. The number of hydrogen-bond donors (Lipinski definition) is 2. The second kappa shape index (κ2) is 6.75. The molecule has 3 atom stereocenters. The van der Waals surface area contributed by atoms with E-state index in [1.54, 1.807) is 0 Å². The third-order valence-electron chi connectivity index (χ3n) is 6.18. The van der Waals surface area contributed by atoms with Crippen molar-refractivity contribution in [3.8, 4) is 0 Å². The van der Waals surface area contributed by atoms with Crippen LogP contribution in [0.3, 0.4) is 0 Å². The van der Waals surface area contributed by atoms with Gasteiger partial charge in [-0.25, -0.2) is 4.79 Å². The topological polar surface area (TPSA) is 55.8 Å². The van der Waals surface area contributed by atoms with Gasteiger partial charge in [-0.2, -0.15) is 0 Å². The summed E-state index contributed by atoms with van der Waals surface area (Å²) in [6.07, 6.45) is 7.68. The fourth-order valence-electron chi connectivity index (χ4n) is 4.58. The number of carbonyl (C=O) groups excluding carboxylic acids is 1. The Morgan fingerprint density at radius 2 is 1.73 bits per heavy atom. The van der Waals surface area contributed by atoms with Crippen LogP contribution in [0.2, 0.25) is 0 Å². The first-order valence-corrected chi connectivity index (χ1v) is 9.00. The van der Waals surface area contributed by atoms with Crippen molar-refractivity contribution in [2.45, 2.75) is 76.1 Å². The van der Waals surface area contributed by atoms with Gasteiger partial charge in [0.05, 0.1) is 6.10 Å². The molecule has 0 radical (unpaired) electrons. The second-order valence-corrected chi connectivity index (χ2v) is 7.59. The number of urea groups is 1. The first kappa shape index (κ1) is 16.1. The lowest BCUT2D eigenvalue weighted by Crippen LogP contribution is -2.57. The summed E-state index contributed by atoms with van der Waals surface area (Å²) in [4.78, 5) is 16.9. The van der Waals surface area contributed by atoms with Gasteiger partial charge >= 0.3 is 6.03 Å². The third-order valence-corrected chi connectivity index (χ3v) is 6.18. The largest absolute Gasteiger partial charge is 0.393 e. The van der Waals surface area contributed by atoms with Crippen molar-refractivity contribution < 1.29 is 9.90 Å². The highest BCUT2D eigenvalue weighted by atomic mass is 16.3. The molecule has 0 spiro atoms. The number of aliphatic hydroxyl groups is 1. The van der Waals surface area contributed by atoms with Crippen molar-refractivity contribution in [1.82, 2.24) is 15.1 Å². The van der Waals surface area contributed by atoms with E-state index in [1.807, 2.05) is 11.8 Å². The number of nitrogens with zero attached hydrogens (tertiary/aromatic N) is 2. The Morgan fingerprint density at radius 1 is 1.14 bits per heavy atom. The summed E-state index contributed by atoms with van der Waals surface area (Å²) >= 11 is 0. The van der Waals surface area contributed by atoms with Crippen LogP contribution in [0, 0.1) is 5.92 Å². The molecule has 3 unspecified atom stereocenters. The zero-order valence-corrected chi connectivity index (χ0v) is 14.0. The van der Waals surface area contributed by atoms with Crippen LogP contribution >= 0.6 is 0 Å². The normalized spacial score (nSPS) is 35.2. The summed E-state index contributed by atoms with van der Waals surface area (Å²) in [6, 6.07) is 1.75. The highest BCUT2D eigenvalue weighted by Crippen LogP contribution is 2.32. The smallest absolute Gasteiger partial charge is 0.317 e. The maximum Gasteiger partial charge on any atom is 0.317 e.